The van der Waals surface area contributed by atoms with Gasteiger partial charge in [-0.2, -0.15) is 0 Å². The summed E-state index contributed by atoms with van der Waals surface area (Å²) in [6.07, 6.45) is 11.1. The van der Waals surface area contributed by atoms with Crippen LogP contribution in [0.2, 0.25) is 0 Å². The van der Waals surface area contributed by atoms with Crippen molar-refractivity contribution in [1.29, 1.82) is 0 Å². The highest BCUT2D eigenvalue weighted by Gasteiger charge is 2.64. The van der Waals surface area contributed by atoms with Crippen LogP contribution in [0.25, 0.3) is 0 Å². The van der Waals surface area contributed by atoms with E-state index >= 15 is 0 Å². The number of rotatable bonds is 12. The van der Waals surface area contributed by atoms with Gasteiger partial charge in [-0.1, -0.05) is 78.6 Å². The molecule has 3 unspecified atom stereocenters. The van der Waals surface area contributed by atoms with Crippen molar-refractivity contribution < 1.29 is 19.8 Å². The smallest absolute Gasteiger partial charge is 0.311 e. The van der Waals surface area contributed by atoms with Crippen LogP contribution >= 0.6 is 0 Å². The summed E-state index contributed by atoms with van der Waals surface area (Å²) >= 11 is 0. The average molecular weight is 355 g/mol. The molecule has 0 amide bonds. The predicted octanol–water partition coefficient (Wildman–Crippen LogP) is 5.89. The molecule has 0 aromatic rings. The van der Waals surface area contributed by atoms with E-state index in [2.05, 4.69) is 13.8 Å². The molecule has 0 aliphatic heterocycles. The van der Waals surface area contributed by atoms with Gasteiger partial charge >= 0.3 is 11.9 Å². The van der Waals surface area contributed by atoms with E-state index in [0.29, 0.717) is 19.3 Å². The first kappa shape index (κ1) is 22.0. The number of carboxylic acids is 2. The Labute approximate surface area is 153 Å². The van der Waals surface area contributed by atoms with E-state index in [1.54, 1.807) is 0 Å². The van der Waals surface area contributed by atoms with Gasteiger partial charge in [-0.05, 0) is 31.6 Å². The monoisotopic (exact) mass is 354 g/mol. The minimum absolute atomic E-state index is 0.0809. The van der Waals surface area contributed by atoms with Crippen molar-refractivity contribution in [1.82, 2.24) is 0 Å². The van der Waals surface area contributed by atoms with Crippen molar-refractivity contribution in [2.24, 2.45) is 16.7 Å². The lowest BCUT2D eigenvalue weighted by atomic mass is 9.48. The van der Waals surface area contributed by atoms with Crippen LogP contribution in [0, 0.1) is 16.7 Å². The van der Waals surface area contributed by atoms with Gasteiger partial charge in [-0.3, -0.25) is 9.59 Å². The quantitative estimate of drug-likeness (QED) is 0.429. The Morgan fingerprint density at radius 2 is 1.44 bits per heavy atom. The Morgan fingerprint density at radius 3 is 1.92 bits per heavy atom. The fraction of sp³-hybridized carbons (Fsp3) is 0.905. The molecular weight excluding hydrogens is 316 g/mol. The molecule has 0 aromatic carbocycles. The number of unbranched alkanes of at least 4 members (excludes halogenated alkanes) is 6. The third-order valence-electron chi connectivity index (χ3n) is 6.61. The van der Waals surface area contributed by atoms with Crippen molar-refractivity contribution in [2.75, 3.05) is 0 Å². The predicted molar refractivity (Wildman–Crippen MR) is 101 cm³/mol. The van der Waals surface area contributed by atoms with Gasteiger partial charge in [0.05, 0.1) is 10.8 Å². The van der Waals surface area contributed by atoms with Crippen LogP contribution < -0.4 is 0 Å². The van der Waals surface area contributed by atoms with Crippen LogP contribution in [-0.2, 0) is 9.59 Å². The fourth-order valence-electron chi connectivity index (χ4n) is 5.10. The molecule has 0 bridgehead atoms. The zero-order chi connectivity index (χ0) is 18.9. The van der Waals surface area contributed by atoms with Crippen molar-refractivity contribution >= 4 is 11.9 Å². The molecule has 0 heterocycles. The number of aliphatic carboxylic acids is 2. The Hall–Kier alpha value is -1.06. The second-order valence-electron chi connectivity index (χ2n) is 8.08. The maximum atomic E-state index is 12.5. The van der Waals surface area contributed by atoms with E-state index in [1.807, 2.05) is 6.92 Å². The summed E-state index contributed by atoms with van der Waals surface area (Å²) in [5.41, 5.74) is -2.21. The van der Waals surface area contributed by atoms with Gasteiger partial charge in [-0.15, -0.1) is 0 Å². The van der Waals surface area contributed by atoms with Crippen LogP contribution in [0.3, 0.4) is 0 Å². The molecule has 3 atom stereocenters. The fourth-order valence-corrected chi connectivity index (χ4v) is 5.10. The SMILES string of the molecule is CCCCCCC1(C(=O)O)CCCC(C)C1(CCCCCC)C(=O)O. The summed E-state index contributed by atoms with van der Waals surface area (Å²) < 4.78 is 0. The molecule has 146 valence electrons. The third-order valence-corrected chi connectivity index (χ3v) is 6.61. The third kappa shape index (κ3) is 4.57. The molecule has 1 aliphatic carbocycles. The molecule has 1 rings (SSSR count). The van der Waals surface area contributed by atoms with Crippen molar-refractivity contribution in [3.63, 3.8) is 0 Å². The van der Waals surface area contributed by atoms with E-state index in [4.69, 9.17) is 0 Å². The topological polar surface area (TPSA) is 74.6 Å². The maximum Gasteiger partial charge on any atom is 0.311 e. The van der Waals surface area contributed by atoms with Gasteiger partial charge in [0.1, 0.15) is 0 Å². The zero-order valence-electron chi connectivity index (χ0n) is 16.5. The molecule has 0 spiro atoms. The Kier molecular flexibility index (Phi) is 8.95. The first-order chi connectivity index (χ1) is 11.9. The minimum Gasteiger partial charge on any atom is -0.481 e. The lowest BCUT2D eigenvalue weighted by Gasteiger charge is -2.52. The second kappa shape index (κ2) is 10.2. The summed E-state index contributed by atoms with van der Waals surface area (Å²) in [7, 11) is 0. The molecule has 4 heteroatoms. The Balaban J connectivity index is 3.15. The molecular formula is C21H38O4. The minimum atomic E-state index is -1.11. The van der Waals surface area contributed by atoms with Gasteiger partial charge in [0, 0.05) is 0 Å². The number of hydrogen-bond acceptors (Lipinski definition) is 2. The zero-order valence-corrected chi connectivity index (χ0v) is 16.5. The van der Waals surface area contributed by atoms with Gasteiger partial charge in [0.25, 0.3) is 0 Å². The van der Waals surface area contributed by atoms with Crippen molar-refractivity contribution in [3.8, 4) is 0 Å². The molecule has 0 aromatic heterocycles. The normalized spacial score (nSPS) is 29.5. The number of carbonyl (C=O) groups is 2. The molecule has 1 aliphatic rings. The van der Waals surface area contributed by atoms with Crippen LogP contribution in [0.5, 0.6) is 0 Å². The lowest BCUT2D eigenvalue weighted by molar-refractivity contribution is -0.189. The maximum absolute atomic E-state index is 12.5. The van der Waals surface area contributed by atoms with Crippen LogP contribution in [0.15, 0.2) is 0 Å². The van der Waals surface area contributed by atoms with Crippen LogP contribution in [0.1, 0.15) is 104 Å². The van der Waals surface area contributed by atoms with Gasteiger partial charge in [-0.25, -0.2) is 0 Å². The molecule has 0 radical (unpaired) electrons. The van der Waals surface area contributed by atoms with E-state index in [0.717, 1.165) is 64.2 Å². The molecule has 25 heavy (non-hydrogen) atoms. The summed E-state index contributed by atoms with van der Waals surface area (Å²) in [6, 6.07) is 0. The second-order valence-corrected chi connectivity index (χ2v) is 8.08. The molecule has 4 nitrogen and oxygen atoms in total. The number of carboxylic acid groups (broad SMARTS) is 2. The standard InChI is InChI=1S/C21H38O4/c1-4-6-8-10-14-20(18(22)23)15-12-13-17(3)21(20,19(24)25)16-11-9-7-5-2/h17H,4-16H2,1-3H3,(H,22,23)(H,24,25). The van der Waals surface area contributed by atoms with Crippen molar-refractivity contribution in [3.05, 3.63) is 0 Å². The molecule has 2 N–H and O–H groups in total. The molecule has 1 fully saturated rings. The van der Waals surface area contributed by atoms with E-state index in [-0.39, 0.29) is 5.92 Å². The number of hydrogen-bond donors (Lipinski definition) is 2. The first-order valence-corrected chi connectivity index (χ1v) is 10.4. The molecule has 0 saturated heterocycles. The summed E-state index contributed by atoms with van der Waals surface area (Å²) in [6.45, 7) is 6.23. The first-order valence-electron chi connectivity index (χ1n) is 10.4. The van der Waals surface area contributed by atoms with Crippen LogP contribution in [0.4, 0.5) is 0 Å². The van der Waals surface area contributed by atoms with Gasteiger partial charge in [0.2, 0.25) is 0 Å². The van der Waals surface area contributed by atoms with E-state index in [1.165, 1.54) is 0 Å². The largest absolute Gasteiger partial charge is 0.481 e. The van der Waals surface area contributed by atoms with E-state index < -0.39 is 22.8 Å². The highest BCUT2D eigenvalue weighted by atomic mass is 16.4. The lowest BCUT2D eigenvalue weighted by Crippen LogP contribution is -2.58. The highest BCUT2D eigenvalue weighted by Crippen LogP contribution is 2.59. The Morgan fingerprint density at radius 1 is 0.880 bits per heavy atom. The molecule has 1 saturated carbocycles. The summed E-state index contributed by atoms with van der Waals surface area (Å²) in [5.74, 6) is -1.84. The highest BCUT2D eigenvalue weighted by molar-refractivity contribution is 5.87. The van der Waals surface area contributed by atoms with Crippen LogP contribution in [-0.4, -0.2) is 22.2 Å². The van der Waals surface area contributed by atoms with Gasteiger partial charge in [0.15, 0.2) is 0 Å². The van der Waals surface area contributed by atoms with Gasteiger partial charge < -0.3 is 10.2 Å². The average Bonchev–Trinajstić information content (AvgIpc) is 2.56. The van der Waals surface area contributed by atoms with E-state index in [9.17, 15) is 19.8 Å². The Bertz CT molecular complexity index is 434. The summed E-state index contributed by atoms with van der Waals surface area (Å²) in [5, 5.41) is 20.4. The summed E-state index contributed by atoms with van der Waals surface area (Å²) in [4.78, 5) is 24.9. The van der Waals surface area contributed by atoms with Crippen molar-refractivity contribution in [2.45, 2.75) is 104 Å².